The van der Waals surface area contributed by atoms with Gasteiger partial charge in [-0.25, -0.2) is 9.97 Å². The lowest BCUT2D eigenvalue weighted by molar-refractivity contribution is -0.164. The quantitative estimate of drug-likeness (QED) is 0.806. The molecule has 3 aliphatic rings. The third-order valence-corrected chi connectivity index (χ3v) is 6.43. The number of nitriles is 1. The van der Waals surface area contributed by atoms with Gasteiger partial charge in [0, 0.05) is 25.6 Å². The predicted octanol–water partition coefficient (Wildman–Crippen LogP) is 1.56. The minimum absolute atomic E-state index is 0.00951. The number of aromatic nitrogens is 3. The summed E-state index contributed by atoms with van der Waals surface area (Å²) < 4.78 is 14.4. The molecule has 0 radical (unpaired) electrons. The van der Waals surface area contributed by atoms with Gasteiger partial charge in [0.15, 0.2) is 11.4 Å². The maximum absolute atomic E-state index is 12.8. The lowest BCUT2D eigenvalue weighted by Gasteiger charge is -2.24. The minimum Gasteiger partial charge on any atom is -0.383 e. The first-order valence-corrected chi connectivity index (χ1v) is 9.95. The van der Waals surface area contributed by atoms with Crippen molar-refractivity contribution in [2.45, 2.75) is 51.2 Å². The monoisotopic (exact) mass is 396 g/mol. The zero-order valence-electron chi connectivity index (χ0n) is 16.9. The largest absolute Gasteiger partial charge is 0.383 e. The molecule has 29 heavy (non-hydrogen) atoms. The van der Waals surface area contributed by atoms with Crippen molar-refractivity contribution in [2.75, 3.05) is 18.9 Å². The Morgan fingerprint density at radius 1 is 1.45 bits per heavy atom. The van der Waals surface area contributed by atoms with Crippen LogP contribution in [-0.4, -0.2) is 52.0 Å². The van der Waals surface area contributed by atoms with Crippen molar-refractivity contribution >= 4 is 22.8 Å². The lowest BCUT2D eigenvalue weighted by Crippen LogP contribution is -2.40. The van der Waals surface area contributed by atoms with Gasteiger partial charge in [0.25, 0.3) is 0 Å². The highest BCUT2D eigenvalue weighted by Gasteiger charge is 2.79. The average Bonchev–Trinajstić information content (AvgIpc) is 3.00. The Hall–Kier alpha value is -2.70. The molecule has 2 N–H and O–H groups in total. The third kappa shape index (κ3) is 2.36. The molecule has 1 amide bonds. The number of fused-ring (bicyclic) bond motifs is 4. The molecule has 2 aromatic rings. The maximum atomic E-state index is 12.8. The number of hydrogen-bond donors (Lipinski definition) is 2. The highest BCUT2D eigenvalue weighted by molar-refractivity contribution is 5.89. The Balaban J connectivity index is 1.65. The summed E-state index contributed by atoms with van der Waals surface area (Å²) in [6, 6.07) is 3.70. The number of nitrogens with one attached hydrogen (secondary N) is 2. The first kappa shape index (κ1) is 18.3. The standard InChI is InChI=1S/C20H24N6O3/c1-5-23-12-6-10(8-21)25-17-13(12)24-9-26(17)14-11-7-20(11,18(27)22-4)16-15(14)28-19(2,3)29-16/h6,9,11,14-16H,5,7H2,1-4H3,(H,22,27)(H,23,25)/t11-,14-,15+,16+,20+/m1/s1. The Morgan fingerprint density at radius 2 is 2.24 bits per heavy atom. The first-order valence-electron chi connectivity index (χ1n) is 9.95. The second-order valence-corrected chi connectivity index (χ2v) is 8.46. The van der Waals surface area contributed by atoms with Crippen LogP contribution < -0.4 is 10.6 Å². The first-order chi connectivity index (χ1) is 13.9. The maximum Gasteiger partial charge on any atom is 0.229 e. The summed E-state index contributed by atoms with van der Waals surface area (Å²) in [4.78, 5) is 21.9. The van der Waals surface area contributed by atoms with Gasteiger partial charge in [-0.2, -0.15) is 5.26 Å². The van der Waals surface area contributed by atoms with Crippen LogP contribution in [0.15, 0.2) is 12.4 Å². The fraction of sp³-hybridized carbons (Fsp3) is 0.600. The topological polar surface area (TPSA) is 114 Å². The van der Waals surface area contributed by atoms with Gasteiger partial charge in [0.1, 0.15) is 29.5 Å². The van der Waals surface area contributed by atoms with E-state index in [1.165, 1.54) is 0 Å². The van der Waals surface area contributed by atoms with Gasteiger partial charge in [-0.15, -0.1) is 0 Å². The summed E-state index contributed by atoms with van der Waals surface area (Å²) in [6.07, 6.45) is 1.87. The molecule has 5 rings (SSSR count). The number of pyridine rings is 1. The van der Waals surface area contributed by atoms with Crippen LogP contribution in [-0.2, 0) is 14.3 Å². The van der Waals surface area contributed by atoms with Crippen LogP contribution in [0, 0.1) is 22.7 Å². The van der Waals surface area contributed by atoms with Gasteiger partial charge in [-0.1, -0.05) is 0 Å². The summed E-state index contributed by atoms with van der Waals surface area (Å²) in [5.41, 5.74) is 1.84. The third-order valence-electron chi connectivity index (χ3n) is 6.43. The molecule has 2 saturated carbocycles. The molecular weight excluding hydrogens is 372 g/mol. The second kappa shape index (κ2) is 5.90. The molecule has 2 aromatic heterocycles. The fourth-order valence-corrected chi connectivity index (χ4v) is 5.31. The molecule has 9 heteroatoms. The number of ether oxygens (including phenoxy) is 2. The van der Waals surface area contributed by atoms with Crippen LogP contribution in [0.2, 0.25) is 0 Å². The number of imidazole rings is 1. The molecule has 3 fully saturated rings. The van der Waals surface area contributed by atoms with Gasteiger partial charge in [-0.3, -0.25) is 4.79 Å². The van der Waals surface area contributed by atoms with Crippen LogP contribution in [0.4, 0.5) is 5.69 Å². The SMILES string of the molecule is CCNc1cc(C#N)nc2c1ncn2[C@H]1[C@@H]2OC(C)(C)O[C@@H]2[C@]2(C(=O)NC)C[C@H]12. The molecule has 9 nitrogen and oxygen atoms in total. The molecule has 1 saturated heterocycles. The molecule has 5 atom stereocenters. The zero-order chi connectivity index (χ0) is 20.6. The van der Waals surface area contributed by atoms with E-state index >= 15 is 0 Å². The van der Waals surface area contributed by atoms with E-state index < -0.39 is 11.2 Å². The van der Waals surface area contributed by atoms with Crippen molar-refractivity contribution < 1.29 is 14.3 Å². The Morgan fingerprint density at radius 3 is 2.93 bits per heavy atom. The van der Waals surface area contributed by atoms with Gasteiger partial charge in [0.05, 0.1) is 23.5 Å². The van der Waals surface area contributed by atoms with Crippen molar-refractivity contribution in [3.8, 4) is 6.07 Å². The fourth-order valence-electron chi connectivity index (χ4n) is 5.31. The molecule has 0 aromatic carbocycles. The van der Waals surface area contributed by atoms with Crippen molar-refractivity contribution in [2.24, 2.45) is 11.3 Å². The van der Waals surface area contributed by atoms with Crippen molar-refractivity contribution in [1.29, 1.82) is 5.26 Å². The second-order valence-electron chi connectivity index (χ2n) is 8.46. The molecule has 3 heterocycles. The van der Waals surface area contributed by atoms with Crippen LogP contribution in [0.3, 0.4) is 0 Å². The van der Waals surface area contributed by atoms with Crippen molar-refractivity contribution in [3.63, 3.8) is 0 Å². The number of amides is 1. The van der Waals surface area contributed by atoms with Gasteiger partial charge in [-0.05, 0) is 27.2 Å². The van der Waals surface area contributed by atoms with E-state index in [-0.39, 0.29) is 30.1 Å². The average molecular weight is 396 g/mol. The molecule has 0 bridgehead atoms. The summed E-state index contributed by atoms with van der Waals surface area (Å²) in [5, 5.41) is 15.5. The zero-order valence-corrected chi connectivity index (χ0v) is 16.9. The van der Waals surface area contributed by atoms with E-state index in [0.717, 1.165) is 12.1 Å². The summed E-state index contributed by atoms with van der Waals surface area (Å²) in [6.45, 7) is 6.44. The normalized spacial score (nSPS) is 33.8. The summed E-state index contributed by atoms with van der Waals surface area (Å²) in [5.74, 6) is -0.704. The van der Waals surface area contributed by atoms with Gasteiger partial charge < -0.3 is 24.7 Å². The number of hydrogen-bond acceptors (Lipinski definition) is 7. The van der Waals surface area contributed by atoms with E-state index in [1.807, 2.05) is 25.3 Å². The molecule has 0 spiro atoms. The van der Waals surface area contributed by atoms with Gasteiger partial charge >= 0.3 is 0 Å². The van der Waals surface area contributed by atoms with E-state index in [0.29, 0.717) is 23.4 Å². The minimum atomic E-state index is -0.765. The number of carbonyl (C=O) groups excluding carboxylic acids is 1. The van der Waals surface area contributed by atoms with Crippen LogP contribution in [0.5, 0.6) is 0 Å². The van der Waals surface area contributed by atoms with E-state index in [1.54, 1.807) is 19.4 Å². The van der Waals surface area contributed by atoms with E-state index in [4.69, 9.17) is 9.47 Å². The Bertz CT molecular complexity index is 1060. The highest BCUT2D eigenvalue weighted by Crippen LogP contribution is 2.71. The Labute approximate surface area is 168 Å². The van der Waals surface area contributed by atoms with E-state index in [2.05, 4.69) is 26.7 Å². The molecule has 2 aliphatic carbocycles. The van der Waals surface area contributed by atoms with E-state index in [9.17, 15) is 10.1 Å². The predicted molar refractivity (Wildman–Crippen MR) is 104 cm³/mol. The molecule has 1 aliphatic heterocycles. The molecule has 0 unspecified atom stereocenters. The highest BCUT2D eigenvalue weighted by atomic mass is 16.8. The number of rotatable bonds is 4. The van der Waals surface area contributed by atoms with Gasteiger partial charge in [0.2, 0.25) is 5.91 Å². The van der Waals surface area contributed by atoms with Crippen LogP contribution in [0.25, 0.3) is 11.2 Å². The Kier molecular flexibility index (Phi) is 3.73. The summed E-state index contributed by atoms with van der Waals surface area (Å²) in [7, 11) is 1.66. The molecule has 152 valence electrons. The van der Waals surface area contributed by atoms with Crippen LogP contribution >= 0.6 is 0 Å². The van der Waals surface area contributed by atoms with Crippen molar-refractivity contribution in [3.05, 3.63) is 18.1 Å². The van der Waals surface area contributed by atoms with Crippen molar-refractivity contribution in [1.82, 2.24) is 19.9 Å². The lowest BCUT2D eigenvalue weighted by atomic mass is 9.98. The number of anilines is 1. The molecular formula is C20H24N6O3. The smallest absolute Gasteiger partial charge is 0.229 e. The van der Waals surface area contributed by atoms with Crippen LogP contribution in [0.1, 0.15) is 38.9 Å². The number of carbonyl (C=O) groups is 1. The summed E-state index contributed by atoms with van der Waals surface area (Å²) >= 11 is 0. The number of nitrogens with zero attached hydrogens (tertiary/aromatic N) is 4.